The molecule has 0 saturated heterocycles. The van der Waals surface area contributed by atoms with E-state index in [1.165, 1.54) is 11.3 Å². The van der Waals surface area contributed by atoms with Gasteiger partial charge in [-0.15, -0.1) is 11.3 Å². The van der Waals surface area contributed by atoms with Crippen LogP contribution in [0.3, 0.4) is 0 Å². The first-order chi connectivity index (χ1) is 10.1. The normalized spacial score (nSPS) is 15.5. The minimum atomic E-state index is -1.06. The van der Waals surface area contributed by atoms with Gasteiger partial charge >= 0.3 is 12.0 Å². The summed E-state index contributed by atoms with van der Waals surface area (Å²) in [5.74, 6) is -0.528. The van der Waals surface area contributed by atoms with E-state index in [4.69, 9.17) is 9.84 Å². The third kappa shape index (κ3) is 4.98. The molecule has 2 amide bonds. The van der Waals surface area contributed by atoms with Crippen molar-refractivity contribution in [1.82, 2.24) is 10.3 Å². The molecule has 0 radical (unpaired) electrons. The molecule has 0 aliphatic heterocycles. The van der Waals surface area contributed by atoms with Gasteiger partial charge in [-0.2, -0.15) is 0 Å². The number of carboxylic acid groups (broad SMARTS) is 1. The Bertz CT molecular complexity index is 501. The van der Waals surface area contributed by atoms with Crippen LogP contribution >= 0.6 is 11.3 Å². The topological polar surface area (TPSA) is 101 Å². The summed E-state index contributed by atoms with van der Waals surface area (Å²) < 4.78 is 4.87. The first-order valence-electron chi connectivity index (χ1n) is 6.85. The third-order valence-corrected chi connectivity index (χ3v) is 3.96. The average molecular weight is 313 g/mol. The smallest absolute Gasteiger partial charge is 0.326 e. The number of amides is 2. The molecule has 8 heteroatoms. The molecule has 1 saturated carbocycles. The molecule has 1 aliphatic carbocycles. The van der Waals surface area contributed by atoms with Crippen molar-refractivity contribution in [2.24, 2.45) is 0 Å². The van der Waals surface area contributed by atoms with Gasteiger partial charge in [0, 0.05) is 25.0 Å². The third-order valence-electron chi connectivity index (χ3n) is 3.18. The molecule has 1 heterocycles. The number of rotatable bonds is 8. The summed E-state index contributed by atoms with van der Waals surface area (Å²) in [5, 5.41) is 16.5. The molecular weight excluding hydrogens is 294 g/mol. The number of thiazole rings is 1. The quantitative estimate of drug-likeness (QED) is 0.637. The fourth-order valence-corrected chi connectivity index (χ4v) is 2.68. The van der Waals surface area contributed by atoms with E-state index in [-0.39, 0.29) is 0 Å². The number of hydrogen-bond donors (Lipinski definition) is 3. The van der Waals surface area contributed by atoms with Gasteiger partial charge in [0.1, 0.15) is 6.04 Å². The fourth-order valence-electron chi connectivity index (χ4n) is 1.89. The van der Waals surface area contributed by atoms with Crippen molar-refractivity contribution < 1.29 is 19.4 Å². The maximum absolute atomic E-state index is 11.8. The minimum Gasteiger partial charge on any atom is -0.480 e. The van der Waals surface area contributed by atoms with E-state index in [9.17, 15) is 9.59 Å². The Hall–Kier alpha value is -1.67. The number of carboxylic acids is 1. The van der Waals surface area contributed by atoms with Gasteiger partial charge in [-0.1, -0.05) is 0 Å². The number of nitrogens with zero attached hydrogens (tertiary/aromatic N) is 1. The molecule has 0 spiro atoms. The summed E-state index contributed by atoms with van der Waals surface area (Å²) in [7, 11) is 1.55. The second-order valence-corrected chi connectivity index (χ2v) is 5.83. The number of anilines is 1. The van der Waals surface area contributed by atoms with Crippen LogP contribution in [0.25, 0.3) is 0 Å². The lowest BCUT2D eigenvalue weighted by Crippen LogP contribution is -2.43. The summed E-state index contributed by atoms with van der Waals surface area (Å²) in [6.45, 7) is 0.463. The Morgan fingerprint density at radius 1 is 1.57 bits per heavy atom. The van der Waals surface area contributed by atoms with Crippen molar-refractivity contribution in [2.45, 2.75) is 37.6 Å². The highest BCUT2D eigenvalue weighted by atomic mass is 32.1. The van der Waals surface area contributed by atoms with Crippen LogP contribution in [-0.2, 0) is 9.53 Å². The number of ether oxygens (including phenoxy) is 1. The fraction of sp³-hybridized carbons (Fsp3) is 0.615. The Balaban J connectivity index is 1.81. The van der Waals surface area contributed by atoms with Crippen molar-refractivity contribution in [1.29, 1.82) is 0 Å². The first-order valence-corrected chi connectivity index (χ1v) is 7.72. The molecule has 21 heavy (non-hydrogen) atoms. The van der Waals surface area contributed by atoms with Crippen LogP contribution in [0.5, 0.6) is 0 Å². The highest BCUT2D eigenvalue weighted by molar-refractivity contribution is 7.13. The van der Waals surface area contributed by atoms with E-state index >= 15 is 0 Å². The number of aromatic nitrogens is 1. The summed E-state index contributed by atoms with van der Waals surface area (Å²) in [4.78, 5) is 27.2. The lowest BCUT2D eigenvalue weighted by Gasteiger charge is -2.14. The summed E-state index contributed by atoms with van der Waals surface area (Å²) in [6.07, 6.45) is 3.19. The number of aliphatic carboxylic acids is 1. The first kappa shape index (κ1) is 15.7. The van der Waals surface area contributed by atoms with E-state index in [1.54, 1.807) is 7.11 Å². The van der Waals surface area contributed by atoms with Gasteiger partial charge in [-0.3, -0.25) is 5.32 Å². The lowest BCUT2D eigenvalue weighted by molar-refractivity contribution is -0.139. The van der Waals surface area contributed by atoms with Gasteiger partial charge in [0.2, 0.25) is 0 Å². The molecule has 0 bridgehead atoms. The molecule has 2 rings (SSSR count). The van der Waals surface area contributed by atoms with Gasteiger partial charge in [0.15, 0.2) is 5.13 Å². The molecule has 1 fully saturated rings. The standard InChI is InChI=1S/C13H19N3O4S/c1-20-6-2-3-9(11(17)18)14-12(19)16-13-15-10(7-21-13)8-4-5-8/h7-9H,2-6H2,1H3,(H,17,18)(H2,14,15,16,19). The minimum absolute atomic E-state index is 0.321. The van der Waals surface area contributed by atoms with E-state index in [0.717, 1.165) is 18.5 Å². The zero-order chi connectivity index (χ0) is 15.2. The Labute approximate surface area is 126 Å². The van der Waals surface area contributed by atoms with Gasteiger partial charge in [-0.05, 0) is 25.7 Å². The molecule has 0 aromatic carbocycles. The van der Waals surface area contributed by atoms with Crippen LogP contribution in [0, 0.1) is 0 Å². The molecule has 3 N–H and O–H groups in total. The van der Waals surface area contributed by atoms with Gasteiger partial charge in [0.25, 0.3) is 0 Å². The molecular formula is C13H19N3O4S. The average Bonchev–Trinajstić information content (AvgIpc) is 3.19. The number of nitrogens with one attached hydrogen (secondary N) is 2. The van der Waals surface area contributed by atoms with Crippen molar-refractivity contribution in [2.75, 3.05) is 19.0 Å². The maximum atomic E-state index is 11.8. The van der Waals surface area contributed by atoms with Crippen molar-refractivity contribution >= 4 is 28.5 Å². The van der Waals surface area contributed by atoms with Crippen LogP contribution in [0.4, 0.5) is 9.93 Å². The molecule has 1 aromatic rings. The van der Waals surface area contributed by atoms with Crippen LogP contribution in [0.15, 0.2) is 5.38 Å². The number of hydrogen-bond acceptors (Lipinski definition) is 5. The second-order valence-electron chi connectivity index (χ2n) is 4.98. The van der Waals surface area contributed by atoms with Crippen molar-refractivity contribution in [3.8, 4) is 0 Å². The maximum Gasteiger partial charge on any atom is 0.326 e. The van der Waals surface area contributed by atoms with E-state index in [0.29, 0.717) is 30.5 Å². The van der Waals surface area contributed by atoms with Crippen LogP contribution in [-0.4, -0.2) is 41.8 Å². The van der Waals surface area contributed by atoms with Crippen LogP contribution in [0.1, 0.15) is 37.3 Å². The van der Waals surface area contributed by atoms with Gasteiger partial charge in [-0.25, -0.2) is 14.6 Å². The van der Waals surface area contributed by atoms with E-state index < -0.39 is 18.0 Å². The highest BCUT2D eigenvalue weighted by Gasteiger charge is 2.26. The van der Waals surface area contributed by atoms with E-state index in [2.05, 4.69) is 15.6 Å². The van der Waals surface area contributed by atoms with Crippen LogP contribution < -0.4 is 10.6 Å². The largest absolute Gasteiger partial charge is 0.480 e. The number of methoxy groups -OCH3 is 1. The zero-order valence-corrected chi connectivity index (χ0v) is 12.6. The lowest BCUT2D eigenvalue weighted by atomic mass is 10.1. The zero-order valence-electron chi connectivity index (χ0n) is 11.8. The highest BCUT2D eigenvalue weighted by Crippen LogP contribution is 2.40. The van der Waals surface area contributed by atoms with Crippen LogP contribution in [0.2, 0.25) is 0 Å². The van der Waals surface area contributed by atoms with Gasteiger partial charge in [0.05, 0.1) is 5.69 Å². The predicted octanol–water partition coefficient (Wildman–Crippen LogP) is 2.02. The number of carbonyl (C=O) groups excluding carboxylic acids is 1. The van der Waals surface area contributed by atoms with E-state index in [1.807, 2.05) is 5.38 Å². The Morgan fingerprint density at radius 3 is 2.95 bits per heavy atom. The summed E-state index contributed by atoms with van der Waals surface area (Å²) in [6, 6.07) is -1.47. The number of carbonyl (C=O) groups is 2. The molecule has 1 aliphatic rings. The molecule has 116 valence electrons. The molecule has 7 nitrogen and oxygen atoms in total. The number of urea groups is 1. The Morgan fingerprint density at radius 2 is 2.33 bits per heavy atom. The van der Waals surface area contributed by atoms with Crippen molar-refractivity contribution in [3.05, 3.63) is 11.1 Å². The van der Waals surface area contributed by atoms with Gasteiger partial charge < -0.3 is 15.2 Å². The SMILES string of the molecule is COCCCC(NC(=O)Nc1nc(C2CC2)cs1)C(=O)O. The molecule has 1 aromatic heterocycles. The second kappa shape index (κ2) is 7.37. The summed E-state index contributed by atoms with van der Waals surface area (Å²) >= 11 is 1.35. The molecule has 1 unspecified atom stereocenters. The van der Waals surface area contributed by atoms with Crippen molar-refractivity contribution in [3.63, 3.8) is 0 Å². The predicted molar refractivity (Wildman–Crippen MR) is 78.8 cm³/mol. The monoisotopic (exact) mass is 313 g/mol. The Kier molecular flexibility index (Phi) is 5.51. The molecule has 1 atom stereocenters. The summed E-state index contributed by atoms with van der Waals surface area (Å²) in [5.41, 5.74) is 1.00.